The number of rotatable bonds is 32. The van der Waals surface area contributed by atoms with Crippen LogP contribution in [0.3, 0.4) is 0 Å². The van der Waals surface area contributed by atoms with E-state index >= 15 is 0 Å². The summed E-state index contributed by atoms with van der Waals surface area (Å²) in [7, 11) is 126. The molecular weight excluding hydrogens is 1930 g/mol. The van der Waals surface area contributed by atoms with E-state index in [1.54, 1.807) is 0 Å². The van der Waals surface area contributed by atoms with Crippen molar-refractivity contribution in [2.45, 2.75) is 48.5 Å². The molecule has 41 radical (unpaired) electrons. The Morgan fingerprint density at radius 2 is 0.504 bits per heavy atom. The van der Waals surface area contributed by atoms with Crippen LogP contribution in [-0.2, 0) is 17.1 Å². The van der Waals surface area contributed by atoms with E-state index in [9.17, 15) is 0 Å². The third kappa shape index (κ3) is 19.9. The Morgan fingerprint density at radius 1 is 0.310 bits per heavy atom. The second-order valence-corrected chi connectivity index (χ2v) is 36.8. The van der Waals surface area contributed by atoms with Crippen LogP contribution in [-0.4, -0.2) is 320 Å². The van der Waals surface area contributed by atoms with Gasteiger partial charge in [-0.25, -0.2) is 9.97 Å². The molecule has 3 aromatic heterocycles. The fraction of sp³-hybridized carbons (Fsp3) is 0.214. The zero-order chi connectivity index (χ0) is 80.6. The summed E-state index contributed by atoms with van der Waals surface area (Å²) in [6.45, 7) is 1.47. The average molecular weight is 1960 g/mol. The Morgan fingerprint density at radius 3 is 0.681 bits per heavy atom. The largest absolute Gasteiger partial charge is 2.00 e. The molecule has 4 fully saturated rings. The van der Waals surface area contributed by atoms with Crippen molar-refractivity contribution in [1.29, 1.82) is 0 Å². The second-order valence-electron chi connectivity index (χ2n) is 30.5. The maximum atomic E-state index is 6.73. The Balaban J connectivity index is 0.0000118. The van der Waals surface area contributed by atoms with E-state index in [2.05, 4.69) is 127 Å². The van der Waals surface area contributed by atoms with Gasteiger partial charge < -0.3 is 28.9 Å². The molecule has 491 valence electrons. The molecular formula is C56H36B40Br8CuN4O4. The van der Waals surface area contributed by atoms with Gasteiger partial charge in [-0.2, -0.15) is 0 Å². The molecule has 4 unspecified atom stereocenters. The number of hydrogen-bond acceptors (Lipinski definition) is 6. The zero-order valence-corrected chi connectivity index (χ0v) is 74.7. The number of hydrogen-bond donors (Lipinski definition) is 0. The first-order valence-corrected chi connectivity index (χ1v) is 43.1. The summed E-state index contributed by atoms with van der Waals surface area (Å²) in [6, 6.07) is 31.2. The Bertz CT molecular complexity index is 4370. The second kappa shape index (κ2) is 38.8. The monoisotopic (exact) mass is 1960 g/mol. The van der Waals surface area contributed by atoms with Gasteiger partial charge >= 0.3 is 17.1 Å². The molecule has 4 atom stereocenters. The summed E-state index contributed by atoms with van der Waals surface area (Å²) in [5.41, 5.74) is 9.00. The standard InChI is InChI=1S/C56H36B40Br8N4O4.Cu/c57-81(58)89(73)93(85(65)66)77-17-29(77)21-109-33-9-1-5-25(13-33)37-49-41(97)43(99)51(105-49)38(26-6-2-10-34(14-26)110-22-30-18-78(30)94(86(67)68)90(74)82(59)60)53-45(101)47(103)55(107-53)40(28-8-4-12-36(16-28)112-24-32-20-80(32)96(88(71)72)92(76)84(63)64)56-48(104)46(102)54(108-56)39(52-44(100)42(98)50(37)106-52)27-7-3-11-35(15-27)111-23-31-19-79(31)95(87(69)70)91(75)83(61)62;/h1-16,29-32H,17-24H2;/q-2;+2. The van der Waals surface area contributed by atoms with E-state index in [1.807, 2.05) is 97.1 Å². The number of aromatic nitrogens is 4. The summed E-state index contributed by atoms with van der Waals surface area (Å²) in [4.78, 5) is 23.1. The molecule has 13 rings (SSSR count). The van der Waals surface area contributed by atoms with E-state index in [4.69, 9.17) is 194 Å². The van der Waals surface area contributed by atoms with Crippen LogP contribution >= 0.6 is 127 Å². The van der Waals surface area contributed by atoms with Gasteiger partial charge in [-0.3, -0.25) is 0 Å². The molecule has 7 aromatic rings. The summed E-state index contributed by atoms with van der Waals surface area (Å²) >= 11 is 33.1. The summed E-state index contributed by atoms with van der Waals surface area (Å²) < 4.78 is 31.6. The first-order valence-electron chi connectivity index (χ1n) is 36.8. The summed E-state index contributed by atoms with van der Waals surface area (Å²) in [6.07, 6.45) is -6.93. The van der Waals surface area contributed by atoms with Gasteiger partial charge in [0.05, 0.1) is 93.5 Å². The Labute approximate surface area is 777 Å². The Kier molecular flexibility index (Phi) is 31.5. The zero-order valence-electron chi connectivity index (χ0n) is 61.0. The van der Waals surface area contributed by atoms with Crippen molar-refractivity contribution in [2.24, 2.45) is 0 Å². The third-order valence-corrected chi connectivity index (χ3v) is 31.1. The molecule has 4 saturated heterocycles. The average Bonchev–Trinajstić information content (AvgIpc) is 1.57. The predicted molar refractivity (Wildman–Crippen MR) is 547 cm³/mol. The molecule has 0 amide bonds. The quantitative estimate of drug-likeness (QED) is 0.0586. The smallest absolute Gasteiger partial charge is 0.655 e. The van der Waals surface area contributed by atoms with Crippen molar-refractivity contribution in [3.05, 3.63) is 138 Å². The predicted octanol–water partition coefficient (Wildman–Crippen LogP) is 4.02. The molecule has 113 heavy (non-hydrogen) atoms. The van der Waals surface area contributed by atoms with E-state index in [-0.39, 0.29) is 92.3 Å². The molecule has 4 aromatic carbocycles. The molecule has 0 saturated carbocycles. The van der Waals surface area contributed by atoms with Crippen molar-refractivity contribution in [3.63, 3.8) is 0 Å². The molecule has 0 spiro atoms. The normalized spacial score (nSPS) is 16.3. The maximum absolute atomic E-state index is 6.73. The van der Waals surface area contributed by atoms with E-state index in [1.165, 1.54) is 0 Å². The van der Waals surface area contributed by atoms with Gasteiger partial charge in [0.2, 0.25) is 0 Å². The number of fused-ring (bicyclic) bond motifs is 8. The maximum Gasteiger partial charge on any atom is 2.00 e. The topological polar surface area (TPSA) is 90.9 Å². The van der Waals surface area contributed by atoms with Crippen LogP contribution < -0.4 is 28.9 Å². The number of benzene rings is 4. The number of halogens is 8. The van der Waals surface area contributed by atoms with Crippen molar-refractivity contribution in [2.75, 3.05) is 26.4 Å². The van der Waals surface area contributed by atoms with Crippen LogP contribution in [0.25, 0.3) is 84.5 Å². The van der Waals surface area contributed by atoms with Crippen LogP contribution in [0.15, 0.2) is 115 Å². The van der Waals surface area contributed by atoms with Crippen LogP contribution in [0.5, 0.6) is 23.0 Å². The fourth-order valence-corrected chi connectivity index (χ4v) is 20.2. The summed E-state index contributed by atoms with van der Waals surface area (Å²) in [5, 5.41) is 0. The minimum absolute atomic E-state index is 0. The van der Waals surface area contributed by atoms with Gasteiger partial charge in [-0.05, 0) is 180 Å². The van der Waals surface area contributed by atoms with Crippen molar-refractivity contribution < 1.29 is 36.0 Å². The van der Waals surface area contributed by atoms with Gasteiger partial charge in [0.1, 0.15) is 23.0 Å². The van der Waals surface area contributed by atoms with Crippen LogP contribution in [0.1, 0.15) is 22.8 Å². The van der Waals surface area contributed by atoms with E-state index in [0.717, 1.165) is 25.3 Å². The number of nitrogens with zero attached hydrogens (tertiary/aromatic N) is 4. The van der Waals surface area contributed by atoms with Crippen molar-refractivity contribution >= 4 is 451 Å². The van der Waals surface area contributed by atoms with E-state index < -0.39 is 76.6 Å². The molecule has 0 N–H and O–H groups in total. The minimum atomic E-state index is -0.812. The van der Waals surface area contributed by atoms with Crippen molar-refractivity contribution in [1.82, 2.24) is 19.9 Å². The van der Waals surface area contributed by atoms with Gasteiger partial charge in [0.15, 0.2) is 0 Å². The molecule has 8 bridgehead atoms. The van der Waals surface area contributed by atoms with Gasteiger partial charge in [0.25, 0.3) is 0 Å². The SMILES string of the molecule is [B]B([B])B([B])B(B([B])[B])B1CC1COc1cccc(-c2c3nc(c(-c4cccc(OCC5CB5B(B([B])[B])B([B])B([B])[B])c4)c4[n-]c(c(Br)c4Br)c(-c4cccc(OCC5CB5B(B([B])[B])B([B])B([B])[B])c4)c4nc(c(-c5cccc(OCC6CB6B(B([B])[B])B([B])B([B])[B])c5)c5[n-]c2c(Br)c5Br)C(Br)=C4Br)C(Br)=C3Br)c1.[Cu+2]. The van der Waals surface area contributed by atoms with Gasteiger partial charge in [-0.15, -0.1) is 22.1 Å². The number of ether oxygens (including phenoxy) is 4. The molecule has 6 aliphatic rings. The summed E-state index contributed by atoms with van der Waals surface area (Å²) in [5.74, 6) is 2.53. The van der Waals surface area contributed by atoms with Crippen LogP contribution in [0, 0.1) is 0 Å². The molecule has 57 heteroatoms. The van der Waals surface area contributed by atoms with Gasteiger partial charge in [-0.1, -0.05) is 138 Å². The molecule has 9 heterocycles. The van der Waals surface area contributed by atoms with Crippen LogP contribution in [0.2, 0.25) is 48.5 Å². The molecule has 6 aliphatic heterocycles. The molecule has 0 aliphatic carbocycles. The van der Waals surface area contributed by atoms with Gasteiger partial charge in [0, 0.05) is 275 Å². The van der Waals surface area contributed by atoms with E-state index in [0.29, 0.717) is 175 Å². The Hall–Kier alpha value is -0.363. The fourth-order valence-electron chi connectivity index (χ4n) is 16.4. The third-order valence-electron chi connectivity index (χ3n) is 22.8. The first kappa shape index (κ1) is 91.8. The first-order chi connectivity index (χ1) is 53.2. The minimum Gasteiger partial charge on any atom is -0.655 e. The molecule has 8 nitrogen and oxygen atoms in total. The van der Waals surface area contributed by atoms with Crippen molar-refractivity contribution in [3.8, 4) is 67.5 Å². The van der Waals surface area contributed by atoms with Crippen LogP contribution in [0.4, 0.5) is 0 Å².